The van der Waals surface area contributed by atoms with Crippen molar-refractivity contribution in [2.75, 3.05) is 7.05 Å². The van der Waals surface area contributed by atoms with Crippen LogP contribution < -0.4 is 5.32 Å². The molecule has 0 aliphatic rings. The minimum Gasteiger partial charge on any atom is -0.508 e. The lowest BCUT2D eigenvalue weighted by atomic mass is 9.99. The van der Waals surface area contributed by atoms with Gasteiger partial charge in [0.2, 0.25) is 0 Å². The third-order valence-corrected chi connectivity index (χ3v) is 2.90. The van der Waals surface area contributed by atoms with Gasteiger partial charge in [0.25, 0.3) is 0 Å². The SMILES string of the molecule is CN[C@@H](Cc1ccccc1)c1cccc(O)c1. The highest BCUT2D eigenvalue weighted by Gasteiger charge is 2.10. The van der Waals surface area contributed by atoms with Crippen LogP contribution in [0, 0.1) is 0 Å². The molecule has 0 heterocycles. The molecule has 2 N–H and O–H groups in total. The molecule has 0 aliphatic heterocycles. The molecule has 0 saturated heterocycles. The molecule has 88 valence electrons. The topological polar surface area (TPSA) is 32.3 Å². The number of aromatic hydroxyl groups is 1. The third kappa shape index (κ3) is 3.08. The van der Waals surface area contributed by atoms with Gasteiger partial charge < -0.3 is 10.4 Å². The van der Waals surface area contributed by atoms with Crippen LogP contribution in [0.5, 0.6) is 5.75 Å². The number of hydrogen-bond donors (Lipinski definition) is 2. The van der Waals surface area contributed by atoms with Crippen LogP contribution in [0.1, 0.15) is 17.2 Å². The van der Waals surface area contributed by atoms with Crippen LogP contribution in [0.4, 0.5) is 0 Å². The predicted octanol–water partition coefficient (Wildman–Crippen LogP) is 2.90. The number of benzene rings is 2. The van der Waals surface area contributed by atoms with Crippen LogP contribution in [0.15, 0.2) is 54.6 Å². The van der Waals surface area contributed by atoms with Crippen molar-refractivity contribution in [2.45, 2.75) is 12.5 Å². The van der Waals surface area contributed by atoms with Gasteiger partial charge in [-0.15, -0.1) is 0 Å². The molecule has 0 aromatic heterocycles. The number of likely N-dealkylation sites (N-methyl/N-ethyl adjacent to an activating group) is 1. The molecule has 2 aromatic rings. The van der Waals surface area contributed by atoms with Crippen molar-refractivity contribution in [2.24, 2.45) is 0 Å². The van der Waals surface area contributed by atoms with Crippen LogP contribution in [0.25, 0.3) is 0 Å². The maximum Gasteiger partial charge on any atom is 0.115 e. The van der Waals surface area contributed by atoms with E-state index >= 15 is 0 Å². The first-order valence-electron chi connectivity index (χ1n) is 5.79. The molecule has 0 saturated carbocycles. The average Bonchev–Trinajstić information content (AvgIpc) is 2.37. The van der Waals surface area contributed by atoms with E-state index in [0.717, 1.165) is 12.0 Å². The molecule has 0 spiro atoms. The molecular weight excluding hydrogens is 210 g/mol. The second kappa shape index (κ2) is 5.51. The zero-order valence-electron chi connectivity index (χ0n) is 9.93. The molecule has 0 aliphatic carbocycles. The summed E-state index contributed by atoms with van der Waals surface area (Å²) in [6.45, 7) is 0. The summed E-state index contributed by atoms with van der Waals surface area (Å²) in [4.78, 5) is 0. The Morgan fingerprint density at radius 2 is 1.82 bits per heavy atom. The van der Waals surface area contributed by atoms with E-state index in [2.05, 4.69) is 17.4 Å². The van der Waals surface area contributed by atoms with E-state index in [9.17, 15) is 5.11 Å². The van der Waals surface area contributed by atoms with Crippen molar-refractivity contribution >= 4 is 0 Å². The molecule has 2 aromatic carbocycles. The molecule has 0 unspecified atom stereocenters. The van der Waals surface area contributed by atoms with Gasteiger partial charge in [0, 0.05) is 6.04 Å². The van der Waals surface area contributed by atoms with Gasteiger partial charge in [0.1, 0.15) is 5.75 Å². The van der Waals surface area contributed by atoms with Crippen LogP contribution in [0.2, 0.25) is 0 Å². The first-order chi connectivity index (χ1) is 8.29. The van der Waals surface area contributed by atoms with Gasteiger partial charge in [-0.05, 0) is 36.7 Å². The maximum atomic E-state index is 9.50. The van der Waals surface area contributed by atoms with Gasteiger partial charge in [0.05, 0.1) is 0 Å². The van der Waals surface area contributed by atoms with Crippen molar-refractivity contribution in [1.29, 1.82) is 0 Å². The number of nitrogens with one attached hydrogen (secondary N) is 1. The van der Waals surface area contributed by atoms with Gasteiger partial charge >= 0.3 is 0 Å². The minimum absolute atomic E-state index is 0.226. The smallest absolute Gasteiger partial charge is 0.115 e. The monoisotopic (exact) mass is 227 g/mol. The van der Waals surface area contributed by atoms with E-state index in [1.54, 1.807) is 6.07 Å². The number of phenols is 1. The van der Waals surface area contributed by atoms with E-state index in [4.69, 9.17) is 0 Å². The summed E-state index contributed by atoms with van der Waals surface area (Å²) in [6.07, 6.45) is 0.917. The first-order valence-corrected chi connectivity index (χ1v) is 5.79. The lowest BCUT2D eigenvalue weighted by Crippen LogP contribution is -2.18. The quantitative estimate of drug-likeness (QED) is 0.841. The van der Waals surface area contributed by atoms with Gasteiger partial charge in [0.15, 0.2) is 0 Å². The van der Waals surface area contributed by atoms with Crippen LogP contribution in [-0.2, 0) is 6.42 Å². The average molecular weight is 227 g/mol. The fourth-order valence-electron chi connectivity index (χ4n) is 1.98. The highest BCUT2D eigenvalue weighted by molar-refractivity contribution is 5.30. The second-order valence-electron chi connectivity index (χ2n) is 4.13. The standard InChI is InChI=1S/C15H17NO/c1-16-15(10-12-6-3-2-4-7-12)13-8-5-9-14(17)11-13/h2-9,11,15-17H,10H2,1H3/t15-/m0/s1. The molecular formula is C15H17NO. The predicted molar refractivity (Wildman–Crippen MR) is 70.1 cm³/mol. The van der Waals surface area contributed by atoms with Crippen molar-refractivity contribution < 1.29 is 5.11 Å². The van der Waals surface area contributed by atoms with Crippen molar-refractivity contribution in [1.82, 2.24) is 5.32 Å². The van der Waals surface area contributed by atoms with Gasteiger partial charge in [-0.2, -0.15) is 0 Å². The molecule has 0 bridgehead atoms. The Balaban J connectivity index is 2.17. The fraction of sp³-hybridized carbons (Fsp3) is 0.200. The highest BCUT2D eigenvalue weighted by Crippen LogP contribution is 2.21. The largest absolute Gasteiger partial charge is 0.508 e. The van der Waals surface area contributed by atoms with E-state index in [0.29, 0.717) is 5.75 Å². The Bertz CT molecular complexity index is 467. The summed E-state index contributed by atoms with van der Waals surface area (Å²) in [5.41, 5.74) is 2.39. The summed E-state index contributed by atoms with van der Waals surface area (Å²) in [7, 11) is 1.94. The number of rotatable bonds is 4. The van der Waals surface area contributed by atoms with E-state index in [-0.39, 0.29) is 6.04 Å². The molecule has 2 heteroatoms. The Kier molecular flexibility index (Phi) is 3.78. The lowest BCUT2D eigenvalue weighted by molar-refractivity contribution is 0.472. The van der Waals surface area contributed by atoms with Gasteiger partial charge in [-0.25, -0.2) is 0 Å². The molecule has 17 heavy (non-hydrogen) atoms. The summed E-state index contributed by atoms with van der Waals surface area (Å²) >= 11 is 0. The fourth-order valence-corrected chi connectivity index (χ4v) is 1.98. The highest BCUT2D eigenvalue weighted by atomic mass is 16.3. The maximum absolute atomic E-state index is 9.50. The van der Waals surface area contributed by atoms with E-state index < -0.39 is 0 Å². The summed E-state index contributed by atoms with van der Waals surface area (Å²) in [6, 6.07) is 18.0. The van der Waals surface area contributed by atoms with E-state index in [1.807, 2.05) is 43.4 Å². The lowest BCUT2D eigenvalue weighted by Gasteiger charge is -2.17. The molecule has 2 rings (SSSR count). The van der Waals surface area contributed by atoms with Crippen molar-refractivity contribution in [3.8, 4) is 5.75 Å². The zero-order valence-corrected chi connectivity index (χ0v) is 9.93. The first kappa shape index (κ1) is 11.7. The molecule has 2 nitrogen and oxygen atoms in total. The van der Waals surface area contributed by atoms with Crippen LogP contribution >= 0.6 is 0 Å². The molecule has 0 radical (unpaired) electrons. The second-order valence-corrected chi connectivity index (χ2v) is 4.13. The summed E-state index contributed by atoms with van der Waals surface area (Å²) < 4.78 is 0. The van der Waals surface area contributed by atoms with E-state index in [1.165, 1.54) is 5.56 Å². The van der Waals surface area contributed by atoms with Crippen LogP contribution in [0.3, 0.4) is 0 Å². The Labute approximate surface area is 102 Å². The van der Waals surface area contributed by atoms with Crippen molar-refractivity contribution in [3.63, 3.8) is 0 Å². The van der Waals surface area contributed by atoms with Gasteiger partial charge in [-0.1, -0.05) is 42.5 Å². The number of hydrogen-bond acceptors (Lipinski definition) is 2. The minimum atomic E-state index is 0.226. The third-order valence-electron chi connectivity index (χ3n) is 2.90. The Morgan fingerprint density at radius 1 is 1.06 bits per heavy atom. The normalized spacial score (nSPS) is 12.3. The molecule has 0 fully saturated rings. The molecule has 0 amide bonds. The summed E-state index contributed by atoms with van der Waals surface area (Å²) in [5.74, 6) is 0.316. The Morgan fingerprint density at radius 3 is 2.47 bits per heavy atom. The van der Waals surface area contributed by atoms with Crippen molar-refractivity contribution in [3.05, 3.63) is 65.7 Å². The van der Waals surface area contributed by atoms with Gasteiger partial charge in [-0.3, -0.25) is 0 Å². The zero-order chi connectivity index (χ0) is 12.1. The number of phenolic OH excluding ortho intramolecular Hbond substituents is 1. The summed E-state index contributed by atoms with van der Waals surface area (Å²) in [5, 5.41) is 12.8. The van der Waals surface area contributed by atoms with Crippen LogP contribution in [-0.4, -0.2) is 12.2 Å². The molecule has 1 atom stereocenters. The Hall–Kier alpha value is -1.80.